The number of rotatable bonds is 6. The minimum absolute atomic E-state index is 0.104. The zero-order chi connectivity index (χ0) is 15.4. The van der Waals surface area contributed by atoms with Crippen molar-refractivity contribution in [3.63, 3.8) is 0 Å². The first-order valence-electron chi connectivity index (χ1n) is 7.60. The monoisotopic (exact) mass is 316 g/mol. The van der Waals surface area contributed by atoms with E-state index in [1.807, 2.05) is 35.8 Å². The molecule has 1 aromatic heterocycles. The molecule has 0 bridgehead atoms. The van der Waals surface area contributed by atoms with Gasteiger partial charge < -0.3 is 5.11 Å². The van der Waals surface area contributed by atoms with Gasteiger partial charge in [-0.25, -0.2) is 4.98 Å². The number of hydrogen-bond donors (Lipinski definition) is 1. The maximum atomic E-state index is 11.0. The average Bonchev–Trinajstić information content (AvgIpc) is 3.13. The first-order valence-corrected chi connectivity index (χ1v) is 8.48. The topological polar surface area (TPSA) is 53.4 Å². The zero-order valence-electron chi connectivity index (χ0n) is 12.4. The molecule has 0 amide bonds. The lowest BCUT2D eigenvalue weighted by atomic mass is 10.0. The summed E-state index contributed by atoms with van der Waals surface area (Å²) in [5.41, 5.74) is 2.07. The molecule has 5 heteroatoms. The van der Waals surface area contributed by atoms with E-state index in [0.29, 0.717) is 5.92 Å². The molecule has 1 fully saturated rings. The molecule has 1 aliphatic rings. The summed E-state index contributed by atoms with van der Waals surface area (Å²) in [4.78, 5) is 17.8. The third-order valence-electron chi connectivity index (χ3n) is 4.17. The van der Waals surface area contributed by atoms with Crippen molar-refractivity contribution in [3.05, 3.63) is 52.0 Å². The van der Waals surface area contributed by atoms with Crippen LogP contribution in [0.15, 0.2) is 35.8 Å². The molecular weight excluding hydrogens is 296 g/mol. The van der Waals surface area contributed by atoms with E-state index >= 15 is 0 Å². The number of aromatic nitrogens is 1. The van der Waals surface area contributed by atoms with Crippen LogP contribution in [0.5, 0.6) is 0 Å². The number of carboxylic acid groups (broad SMARTS) is 1. The Hall–Kier alpha value is -1.72. The molecule has 1 atom stereocenters. The summed E-state index contributed by atoms with van der Waals surface area (Å²) in [5.74, 6) is -0.103. The Morgan fingerprint density at radius 1 is 1.36 bits per heavy atom. The van der Waals surface area contributed by atoms with Crippen LogP contribution in [0.3, 0.4) is 0 Å². The van der Waals surface area contributed by atoms with E-state index in [-0.39, 0.29) is 6.42 Å². The molecule has 0 spiro atoms. The van der Waals surface area contributed by atoms with Gasteiger partial charge in [0.2, 0.25) is 0 Å². The largest absolute Gasteiger partial charge is 0.481 e. The van der Waals surface area contributed by atoms with Crippen LogP contribution in [-0.2, 0) is 24.2 Å². The summed E-state index contributed by atoms with van der Waals surface area (Å²) in [6.07, 6.45) is 4.23. The Bertz CT molecular complexity index is 627. The van der Waals surface area contributed by atoms with Crippen LogP contribution in [0, 0.1) is 5.92 Å². The summed E-state index contributed by atoms with van der Waals surface area (Å²) in [6.45, 7) is 3.00. The van der Waals surface area contributed by atoms with Crippen molar-refractivity contribution in [3.8, 4) is 0 Å². The van der Waals surface area contributed by atoms with E-state index in [4.69, 9.17) is 5.11 Å². The summed E-state index contributed by atoms with van der Waals surface area (Å²) >= 11 is 1.73. The number of hydrogen-bond acceptors (Lipinski definition) is 4. The van der Waals surface area contributed by atoms with Crippen LogP contribution in [0.25, 0.3) is 0 Å². The van der Waals surface area contributed by atoms with Crippen LogP contribution in [0.2, 0.25) is 0 Å². The molecule has 1 N–H and O–H groups in total. The lowest BCUT2D eigenvalue weighted by Crippen LogP contribution is -2.21. The Kier molecular flexibility index (Phi) is 4.85. The minimum atomic E-state index is -0.768. The number of carbonyl (C=O) groups is 1. The van der Waals surface area contributed by atoms with Gasteiger partial charge >= 0.3 is 5.97 Å². The number of carboxylic acids is 1. The lowest BCUT2D eigenvalue weighted by molar-refractivity contribution is -0.136. The quantitative estimate of drug-likeness (QED) is 0.890. The molecule has 1 aliphatic heterocycles. The van der Waals surface area contributed by atoms with Gasteiger partial charge in [0.1, 0.15) is 0 Å². The molecule has 22 heavy (non-hydrogen) atoms. The maximum absolute atomic E-state index is 11.0. The smallest absolute Gasteiger partial charge is 0.307 e. The van der Waals surface area contributed by atoms with Crippen LogP contribution in [-0.4, -0.2) is 34.0 Å². The summed E-state index contributed by atoms with van der Waals surface area (Å²) in [6, 6.07) is 7.87. The van der Waals surface area contributed by atoms with Gasteiger partial charge in [-0.05, 0) is 30.0 Å². The van der Waals surface area contributed by atoms with Gasteiger partial charge in [-0.3, -0.25) is 9.69 Å². The van der Waals surface area contributed by atoms with Gasteiger partial charge in [0.15, 0.2) is 0 Å². The molecular formula is C17H20N2O2S. The molecule has 4 nitrogen and oxygen atoms in total. The predicted octanol–water partition coefficient (Wildman–Crippen LogP) is 2.83. The molecule has 0 aliphatic carbocycles. The van der Waals surface area contributed by atoms with Gasteiger partial charge in [-0.2, -0.15) is 0 Å². The number of benzene rings is 1. The van der Waals surface area contributed by atoms with E-state index in [0.717, 1.165) is 37.2 Å². The fraction of sp³-hybridized carbons (Fsp3) is 0.412. The van der Waals surface area contributed by atoms with Crippen molar-refractivity contribution in [1.82, 2.24) is 9.88 Å². The van der Waals surface area contributed by atoms with E-state index in [2.05, 4.69) is 9.88 Å². The van der Waals surface area contributed by atoms with Crippen molar-refractivity contribution in [2.24, 2.45) is 5.92 Å². The summed E-state index contributed by atoms with van der Waals surface area (Å²) in [7, 11) is 0. The third-order valence-corrected chi connectivity index (χ3v) is 4.97. The van der Waals surface area contributed by atoms with E-state index in [1.165, 1.54) is 11.4 Å². The standard InChI is InChI=1S/C17H20N2O2S/c20-17(21)10-14-3-1-2-4-15(14)12-19-7-5-13(11-19)9-16-18-6-8-22-16/h1-4,6,8,13H,5,7,9-12H2,(H,20,21). The highest BCUT2D eigenvalue weighted by molar-refractivity contribution is 7.09. The maximum Gasteiger partial charge on any atom is 0.307 e. The molecule has 3 rings (SSSR count). The van der Waals surface area contributed by atoms with Gasteiger partial charge in [0, 0.05) is 31.1 Å². The van der Waals surface area contributed by atoms with Crippen LogP contribution in [0.4, 0.5) is 0 Å². The van der Waals surface area contributed by atoms with Gasteiger partial charge in [0.25, 0.3) is 0 Å². The highest BCUT2D eigenvalue weighted by atomic mass is 32.1. The highest BCUT2D eigenvalue weighted by Gasteiger charge is 2.24. The van der Waals surface area contributed by atoms with Crippen LogP contribution < -0.4 is 0 Å². The molecule has 2 heterocycles. The molecule has 2 aromatic rings. The molecule has 1 aromatic carbocycles. The lowest BCUT2D eigenvalue weighted by Gasteiger charge is -2.18. The fourth-order valence-electron chi connectivity index (χ4n) is 3.11. The van der Waals surface area contributed by atoms with Crippen LogP contribution >= 0.6 is 11.3 Å². The summed E-state index contributed by atoms with van der Waals surface area (Å²) in [5, 5.41) is 12.3. The normalized spacial score (nSPS) is 18.6. The Balaban J connectivity index is 1.59. The van der Waals surface area contributed by atoms with Crippen molar-refractivity contribution < 1.29 is 9.90 Å². The molecule has 1 unspecified atom stereocenters. The Morgan fingerprint density at radius 2 is 2.18 bits per heavy atom. The SMILES string of the molecule is O=C(O)Cc1ccccc1CN1CCC(Cc2nccs2)C1. The Morgan fingerprint density at radius 3 is 2.91 bits per heavy atom. The second-order valence-electron chi connectivity index (χ2n) is 5.86. The average molecular weight is 316 g/mol. The second kappa shape index (κ2) is 7.03. The Labute approximate surface area is 134 Å². The molecule has 1 saturated heterocycles. The molecule has 116 valence electrons. The van der Waals surface area contributed by atoms with Crippen molar-refractivity contribution >= 4 is 17.3 Å². The van der Waals surface area contributed by atoms with Crippen molar-refractivity contribution in [2.75, 3.05) is 13.1 Å². The number of nitrogens with zero attached hydrogens (tertiary/aromatic N) is 2. The first-order chi connectivity index (χ1) is 10.7. The molecule has 0 saturated carbocycles. The van der Waals surface area contributed by atoms with Gasteiger partial charge in [-0.15, -0.1) is 11.3 Å². The van der Waals surface area contributed by atoms with Gasteiger partial charge in [-0.1, -0.05) is 24.3 Å². The van der Waals surface area contributed by atoms with Gasteiger partial charge in [0.05, 0.1) is 11.4 Å². The molecule has 0 radical (unpaired) electrons. The fourth-order valence-corrected chi connectivity index (χ4v) is 3.84. The number of aliphatic carboxylic acids is 1. The van der Waals surface area contributed by atoms with Crippen molar-refractivity contribution in [2.45, 2.75) is 25.8 Å². The third kappa shape index (κ3) is 3.93. The zero-order valence-corrected chi connectivity index (χ0v) is 13.3. The number of thiazole rings is 1. The van der Waals surface area contributed by atoms with E-state index in [1.54, 1.807) is 11.3 Å². The van der Waals surface area contributed by atoms with Crippen LogP contribution in [0.1, 0.15) is 22.6 Å². The predicted molar refractivity (Wildman–Crippen MR) is 87.0 cm³/mol. The summed E-state index contributed by atoms with van der Waals surface area (Å²) < 4.78 is 0. The number of likely N-dealkylation sites (tertiary alicyclic amines) is 1. The van der Waals surface area contributed by atoms with E-state index < -0.39 is 5.97 Å². The minimum Gasteiger partial charge on any atom is -0.481 e. The van der Waals surface area contributed by atoms with E-state index in [9.17, 15) is 4.79 Å². The first kappa shape index (κ1) is 15.2. The van der Waals surface area contributed by atoms with Crippen molar-refractivity contribution in [1.29, 1.82) is 0 Å². The highest BCUT2D eigenvalue weighted by Crippen LogP contribution is 2.24. The second-order valence-corrected chi connectivity index (χ2v) is 6.84.